The van der Waals surface area contributed by atoms with Crippen LogP contribution in [-0.2, 0) is 11.3 Å². The Labute approximate surface area is 154 Å². The van der Waals surface area contributed by atoms with E-state index in [0.29, 0.717) is 24.4 Å². The smallest absolute Gasteiger partial charge is 0.258 e. The fourth-order valence-corrected chi connectivity index (χ4v) is 2.38. The molecule has 0 saturated heterocycles. The summed E-state index contributed by atoms with van der Waals surface area (Å²) in [4.78, 5) is 23.7. The maximum absolute atomic E-state index is 11.9. The minimum atomic E-state index is -0.211. The predicted molar refractivity (Wildman–Crippen MR) is 101 cm³/mol. The second-order valence-electron chi connectivity index (χ2n) is 5.08. The maximum atomic E-state index is 11.9. The van der Waals surface area contributed by atoms with E-state index in [1.807, 2.05) is 37.3 Å². The van der Waals surface area contributed by atoms with Crippen LogP contribution in [0.3, 0.4) is 0 Å². The van der Waals surface area contributed by atoms with Crippen molar-refractivity contribution in [2.45, 2.75) is 13.5 Å². The van der Waals surface area contributed by atoms with E-state index in [2.05, 4.69) is 33.2 Å². The first kappa shape index (κ1) is 18.3. The Kier molecular flexibility index (Phi) is 7.05. The highest BCUT2D eigenvalue weighted by Gasteiger charge is 2.06. The van der Waals surface area contributed by atoms with E-state index in [1.54, 1.807) is 18.2 Å². The quantitative estimate of drug-likeness (QED) is 0.654. The van der Waals surface area contributed by atoms with Crippen LogP contribution in [0, 0.1) is 3.57 Å². The highest BCUT2D eigenvalue weighted by atomic mass is 127. The molecule has 6 heteroatoms. The molecule has 0 aliphatic rings. The third kappa shape index (κ3) is 5.84. The van der Waals surface area contributed by atoms with Crippen molar-refractivity contribution in [3.63, 3.8) is 0 Å². The zero-order chi connectivity index (χ0) is 17.4. The number of hydrogen-bond acceptors (Lipinski definition) is 3. The summed E-state index contributed by atoms with van der Waals surface area (Å²) in [6, 6.07) is 14.7. The fraction of sp³-hybridized carbons (Fsp3) is 0.222. The van der Waals surface area contributed by atoms with Gasteiger partial charge in [-0.1, -0.05) is 12.1 Å². The summed E-state index contributed by atoms with van der Waals surface area (Å²) >= 11 is 2.21. The SMILES string of the molecule is CCNC(=O)c1cccc(CNC(=O)COc2ccc(I)cc2)c1. The number of amides is 2. The number of carbonyl (C=O) groups is 2. The number of halogens is 1. The number of nitrogens with one attached hydrogen (secondary N) is 2. The third-order valence-corrected chi connectivity index (χ3v) is 3.92. The summed E-state index contributed by atoms with van der Waals surface area (Å²) in [7, 11) is 0. The molecule has 2 rings (SSSR count). The van der Waals surface area contributed by atoms with Gasteiger partial charge < -0.3 is 15.4 Å². The van der Waals surface area contributed by atoms with E-state index < -0.39 is 0 Å². The molecule has 2 aromatic carbocycles. The highest BCUT2D eigenvalue weighted by Crippen LogP contribution is 2.13. The van der Waals surface area contributed by atoms with Crippen LogP contribution in [0.2, 0.25) is 0 Å². The predicted octanol–water partition coefficient (Wildman–Crippen LogP) is 2.74. The summed E-state index contributed by atoms with van der Waals surface area (Å²) in [5.74, 6) is 0.327. The van der Waals surface area contributed by atoms with Crippen molar-refractivity contribution in [1.29, 1.82) is 0 Å². The van der Waals surface area contributed by atoms with Crippen LogP contribution < -0.4 is 15.4 Å². The minimum Gasteiger partial charge on any atom is -0.484 e. The molecule has 126 valence electrons. The Bertz CT molecular complexity index is 702. The van der Waals surface area contributed by atoms with Gasteiger partial charge in [-0.05, 0) is 71.5 Å². The van der Waals surface area contributed by atoms with Gasteiger partial charge in [0.15, 0.2) is 6.61 Å². The van der Waals surface area contributed by atoms with Crippen LogP contribution in [0.5, 0.6) is 5.75 Å². The molecule has 0 bridgehead atoms. The van der Waals surface area contributed by atoms with Crippen LogP contribution in [0.4, 0.5) is 0 Å². The van der Waals surface area contributed by atoms with Crippen LogP contribution in [0.15, 0.2) is 48.5 Å². The third-order valence-electron chi connectivity index (χ3n) is 3.20. The largest absolute Gasteiger partial charge is 0.484 e. The molecule has 0 aliphatic heterocycles. The Hall–Kier alpha value is -2.09. The molecule has 0 saturated carbocycles. The molecule has 2 aromatic rings. The van der Waals surface area contributed by atoms with Crippen molar-refractivity contribution >= 4 is 34.4 Å². The van der Waals surface area contributed by atoms with Gasteiger partial charge in [0.1, 0.15) is 5.75 Å². The molecule has 0 heterocycles. The van der Waals surface area contributed by atoms with Crippen LogP contribution in [0.25, 0.3) is 0 Å². The minimum absolute atomic E-state index is 0.0450. The molecule has 2 N–H and O–H groups in total. The summed E-state index contributed by atoms with van der Waals surface area (Å²) in [6.07, 6.45) is 0. The first-order valence-electron chi connectivity index (χ1n) is 7.60. The molecule has 0 atom stereocenters. The molecule has 0 unspecified atom stereocenters. The lowest BCUT2D eigenvalue weighted by atomic mass is 10.1. The second kappa shape index (κ2) is 9.27. The second-order valence-corrected chi connectivity index (χ2v) is 6.32. The van der Waals surface area contributed by atoms with Gasteiger partial charge in [0.05, 0.1) is 0 Å². The van der Waals surface area contributed by atoms with Gasteiger partial charge in [-0.15, -0.1) is 0 Å². The van der Waals surface area contributed by atoms with Crippen molar-refractivity contribution in [1.82, 2.24) is 10.6 Å². The molecule has 0 spiro atoms. The van der Waals surface area contributed by atoms with Crippen molar-refractivity contribution in [3.05, 3.63) is 63.2 Å². The first-order valence-corrected chi connectivity index (χ1v) is 8.68. The van der Waals surface area contributed by atoms with Gasteiger partial charge >= 0.3 is 0 Å². The van der Waals surface area contributed by atoms with E-state index in [9.17, 15) is 9.59 Å². The van der Waals surface area contributed by atoms with Gasteiger partial charge in [0.25, 0.3) is 11.8 Å². The molecule has 0 radical (unpaired) electrons. The normalized spacial score (nSPS) is 10.1. The zero-order valence-electron chi connectivity index (χ0n) is 13.3. The zero-order valence-corrected chi connectivity index (χ0v) is 15.5. The van der Waals surface area contributed by atoms with Crippen molar-refractivity contribution < 1.29 is 14.3 Å². The van der Waals surface area contributed by atoms with Crippen molar-refractivity contribution in [2.24, 2.45) is 0 Å². The van der Waals surface area contributed by atoms with Gasteiger partial charge in [0, 0.05) is 22.2 Å². The molecule has 5 nitrogen and oxygen atoms in total. The highest BCUT2D eigenvalue weighted by molar-refractivity contribution is 14.1. The van der Waals surface area contributed by atoms with Gasteiger partial charge in [-0.3, -0.25) is 9.59 Å². The summed E-state index contributed by atoms with van der Waals surface area (Å²) in [5, 5.41) is 5.53. The van der Waals surface area contributed by atoms with Crippen LogP contribution in [-0.4, -0.2) is 25.0 Å². The van der Waals surface area contributed by atoms with Gasteiger partial charge in [-0.2, -0.15) is 0 Å². The lowest BCUT2D eigenvalue weighted by Gasteiger charge is -2.09. The van der Waals surface area contributed by atoms with Crippen LogP contribution >= 0.6 is 22.6 Å². The van der Waals surface area contributed by atoms with Crippen molar-refractivity contribution in [2.75, 3.05) is 13.2 Å². The van der Waals surface area contributed by atoms with Crippen LogP contribution in [0.1, 0.15) is 22.8 Å². The molecular weight excluding hydrogens is 419 g/mol. The van der Waals surface area contributed by atoms with E-state index in [-0.39, 0.29) is 18.4 Å². The van der Waals surface area contributed by atoms with Gasteiger partial charge in [0.2, 0.25) is 0 Å². The Morgan fingerprint density at radius 1 is 1.08 bits per heavy atom. The Balaban J connectivity index is 1.82. The number of benzene rings is 2. The van der Waals surface area contributed by atoms with E-state index in [1.165, 1.54) is 0 Å². The molecule has 0 aromatic heterocycles. The lowest BCUT2D eigenvalue weighted by Crippen LogP contribution is -2.28. The Morgan fingerprint density at radius 3 is 2.54 bits per heavy atom. The summed E-state index contributed by atoms with van der Waals surface area (Å²) in [6.45, 7) is 2.75. The number of hydrogen-bond donors (Lipinski definition) is 2. The molecule has 0 fully saturated rings. The average Bonchev–Trinajstić information content (AvgIpc) is 2.60. The number of ether oxygens (including phenoxy) is 1. The average molecular weight is 438 g/mol. The molecule has 0 aliphatic carbocycles. The first-order chi connectivity index (χ1) is 11.6. The molecular formula is C18H19IN2O3. The van der Waals surface area contributed by atoms with E-state index in [0.717, 1.165) is 9.13 Å². The van der Waals surface area contributed by atoms with E-state index >= 15 is 0 Å². The standard InChI is InChI=1S/C18H19IN2O3/c1-2-20-18(23)14-5-3-4-13(10-14)11-21-17(22)12-24-16-8-6-15(19)7-9-16/h3-10H,2,11-12H2,1H3,(H,20,23)(H,21,22). The van der Waals surface area contributed by atoms with Crippen molar-refractivity contribution in [3.8, 4) is 5.75 Å². The monoisotopic (exact) mass is 438 g/mol. The Morgan fingerprint density at radius 2 is 1.83 bits per heavy atom. The number of carbonyl (C=O) groups excluding carboxylic acids is 2. The lowest BCUT2D eigenvalue weighted by molar-refractivity contribution is -0.123. The summed E-state index contributed by atoms with van der Waals surface area (Å²) in [5.41, 5.74) is 1.44. The fourth-order valence-electron chi connectivity index (χ4n) is 2.02. The number of rotatable bonds is 7. The molecule has 2 amide bonds. The van der Waals surface area contributed by atoms with Gasteiger partial charge in [-0.25, -0.2) is 0 Å². The van der Waals surface area contributed by atoms with E-state index in [4.69, 9.17) is 4.74 Å². The summed E-state index contributed by atoms with van der Waals surface area (Å²) < 4.78 is 6.53. The molecule has 24 heavy (non-hydrogen) atoms. The topological polar surface area (TPSA) is 67.4 Å². The maximum Gasteiger partial charge on any atom is 0.258 e.